The maximum Gasteiger partial charge on any atom is 0.149 e. The van der Waals surface area contributed by atoms with Crippen LogP contribution in [0.25, 0.3) is 0 Å². The van der Waals surface area contributed by atoms with Crippen LogP contribution in [0.5, 0.6) is 0 Å². The van der Waals surface area contributed by atoms with Crippen molar-refractivity contribution in [1.82, 2.24) is 0 Å². The highest BCUT2D eigenvalue weighted by Crippen LogP contribution is 2.46. The molecule has 1 fully saturated rings. The van der Waals surface area contributed by atoms with Gasteiger partial charge in [0.05, 0.1) is 5.69 Å². The Morgan fingerprint density at radius 3 is 2.47 bits per heavy atom. The minimum absolute atomic E-state index is 0.197. The van der Waals surface area contributed by atoms with E-state index in [1.54, 1.807) is 6.07 Å². The number of hydrogen-bond acceptors (Lipinski definition) is 1. The predicted molar refractivity (Wildman–Crippen MR) is 61.6 cm³/mol. The smallest absolute Gasteiger partial charge is 0.149 e. The van der Waals surface area contributed by atoms with Gasteiger partial charge in [-0.1, -0.05) is 13.8 Å². The lowest BCUT2D eigenvalue weighted by molar-refractivity contribution is 0.597. The van der Waals surface area contributed by atoms with E-state index in [0.717, 1.165) is 11.1 Å². The van der Waals surface area contributed by atoms with Crippen molar-refractivity contribution >= 4 is 5.69 Å². The third-order valence-electron chi connectivity index (χ3n) is 3.14. The molecule has 1 aliphatic carbocycles. The first-order chi connectivity index (χ1) is 7.02. The molecular formula is C13H18FN. The molecule has 2 N–H and O–H groups in total. The van der Waals surface area contributed by atoms with Crippen molar-refractivity contribution in [1.29, 1.82) is 0 Å². The molecular weight excluding hydrogens is 189 g/mol. The first-order valence-electron chi connectivity index (χ1n) is 5.60. The van der Waals surface area contributed by atoms with Crippen LogP contribution in [0, 0.1) is 12.7 Å². The van der Waals surface area contributed by atoms with Gasteiger partial charge in [-0.2, -0.15) is 0 Å². The van der Waals surface area contributed by atoms with E-state index in [4.69, 9.17) is 5.73 Å². The molecule has 0 amide bonds. The number of rotatable bonds is 2. The molecule has 0 unspecified atom stereocenters. The zero-order valence-corrected chi connectivity index (χ0v) is 9.60. The molecule has 1 aromatic carbocycles. The second-order valence-electron chi connectivity index (χ2n) is 4.85. The van der Waals surface area contributed by atoms with Crippen LogP contribution in [-0.2, 0) is 0 Å². The molecule has 2 rings (SSSR count). The third kappa shape index (κ3) is 1.73. The second kappa shape index (κ2) is 3.51. The molecule has 1 nitrogen and oxygen atoms in total. The molecule has 2 heteroatoms. The summed E-state index contributed by atoms with van der Waals surface area (Å²) in [5.41, 5.74) is 9.18. The summed E-state index contributed by atoms with van der Waals surface area (Å²) in [5.74, 6) is 0.595. The maximum atomic E-state index is 14.0. The summed E-state index contributed by atoms with van der Waals surface area (Å²) in [7, 11) is 0. The summed E-state index contributed by atoms with van der Waals surface area (Å²) in [6.07, 6.45) is 2.40. The number of nitrogen functional groups attached to an aromatic ring is 1. The summed E-state index contributed by atoms with van der Waals surface area (Å²) in [5, 5.41) is 0. The molecule has 0 heterocycles. The molecule has 0 atom stereocenters. The Kier molecular flexibility index (Phi) is 2.45. The van der Waals surface area contributed by atoms with Crippen LogP contribution in [-0.4, -0.2) is 0 Å². The lowest BCUT2D eigenvalue weighted by Crippen LogP contribution is -2.05. The largest absolute Gasteiger partial charge is 0.396 e. The van der Waals surface area contributed by atoms with Crippen LogP contribution in [0.4, 0.5) is 10.1 Å². The summed E-state index contributed by atoms with van der Waals surface area (Å²) in [6, 6.07) is 1.77. The van der Waals surface area contributed by atoms with Crippen molar-refractivity contribution in [2.75, 3.05) is 5.73 Å². The molecule has 82 valence electrons. The quantitative estimate of drug-likeness (QED) is 0.735. The van der Waals surface area contributed by atoms with Gasteiger partial charge in [0, 0.05) is 0 Å². The predicted octanol–water partition coefficient (Wildman–Crippen LogP) is 3.72. The van der Waals surface area contributed by atoms with Gasteiger partial charge in [0.15, 0.2) is 0 Å². The standard InChI is InChI=1S/C13H18FN/c1-7(2)11-12(9-4-5-9)8(3)6-10(15)13(11)14/h6-7,9H,4-5,15H2,1-3H3. The highest BCUT2D eigenvalue weighted by atomic mass is 19.1. The van der Waals surface area contributed by atoms with Crippen LogP contribution in [0.15, 0.2) is 6.07 Å². The van der Waals surface area contributed by atoms with E-state index in [9.17, 15) is 4.39 Å². The van der Waals surface area contributed by atoms with Gasteiger partial charge in [0.2, 0.25) is 0 Å². The number of hydrogen-bond donors (Lipinski definition) is 1. The van der Waals surface area contributed by atoms with E-state index in [0.29, 0.717) is 11.6 Å². The van der Waals surface area contributed by atoms with Gasteiger partial charge in [0.1, 0.15) is 5.82 Å². The van der Waals surface area contributed by atoms with E-state index in [-0.39, 0.29) is 11.7 Å². The van der Waals surface area contributed by atoms with E-state index in [2.05, 4.69) is 0 Å². The molecule has 0 aliphatic heterocycles. The Balaban J connectivity index is 2.64. The highest BCUT2D eigenvalue weighted by molar-refractivity contribution is 5.54. The van der Waals surface area contributed by atoms with Crippen molar-refractivity contribution in [3.63, 3.8) is 0 Å². The molecule has 1 aromatic rings. The zero-order valence-electron chi connectivity index (χ0n) is 9.60. The minimum atomic E-state index is -0.197. The molecule has 0 spiro atoms. The Morgan fingerprint density at radius 2 is 2.00 bits per heavy atom. The topological polar surface area (TPSA) is 26.0 Å². The average molecular weight is 207 g/mol. The summed E-state index contributed by atoms with van der Waals surface area (Å²) in [6.45, 7) is 6.10. The Bertz CT molecular complexity index is 392. The fourth-order valence-corrected chi connectivity index (χ4v) is 2.34. The number of aryl methyl sites for hydroxylation is 1. The van der Waals surface area contributed by atoms with E-state index in [1.165, 1.54) is 18.4 Å². The molecule has 15 heavy (non-hydrogen) atoms. The summed E-state index contributed by atoms with van der Waals surface area (Å²) in [4.78, 5) is 0. The first-order valence-corrected chi connectivity index (χ1v) is 5.60. The molecule has 0 aromatic heterocycles. The monoisotopic (exact) mass is 207 g/mol. The lowest BCUT2D eigenvalue weighted by Gasteiger charge is -2.17. The number of halogens is 1. The molecule has 0 bridgehead atoms. The lowest BCUT2D eigenvalue weighted by atomic mass is 9.89. The number of benzene rings is 1. The van der Waals surface area contributed by atoms with Crippen LogP contribution < -0.4 is 5.73 Å². The van der Waals surface area contributed by atoms with Crippen molar-refractivity contribution in [2.45, 2.75) is 45.4 Å². The van der Waals surface area contributed by atoms with E-state index in [1.807, 2.05) is 20.8 Å². The Hall–Kier alpha value is -1.05. The van der Waals surface area contributed by atoms with Gasteiger partial charge in [-0.05, 0) is 54.4 Å². The van der Waals surface area contributed by atoms with Gasteiger partial charge < -0.3 is 5.73 Å². The summed E-state index contributed by atoms with van der Waals surface area (Å²) >= 11 is 0. The van der Waals surface area contributed by atoms with Crippen LogP contribution >= 0.6 is 0 Å². The van der Waals surface area contributed by atoms with Crippen LogP contribution in [0.3, 0.4) is 0 Å². The van der Waals surface area contributed by atoms with Crippen molar-refractivity contribution in [3.05, 3.63) is 28.6 Å². The number of anilines is 1. The molecule has 1 saturated carbocycles. The van der Waals surface area contributed by atoms with E-state index < -0.39 is 0 Å². The van der Waals surface area contributed by atoms with Crippen molar-refractivity contribution in [3.8, 4) is 0 Å². The third-order valence-corrected chi connectivity index (χ3v) is 3.14. The molecule has 0 saturated heterocycles. The zero-order chi connectivity index (χ0) is 11.2. The number of nitrogens with two attached hydrogens (primary N) is 1. The summed E-state index contributed by atoms with van der Waals surface area (Å²) < 4.78 is 14.0. The van der Waals surface area contributed by atoms with Crippen molar-refractivity contribution in [2.24, 2.45) is 0 Å². The molecule has 1 aliphatic rings. The SMILES string of the molecule is Cc1cc(N)c(F)c(C(C)C)c1C1CC1. The Labute approximate surface area is 90.5 Å². The van der Waals surface area contributed by atoms with Crippen LogP contribution in [0.2, 0.25) is 0 Å². The minimum Gasteiger partial charge on any atom is -0.396 e. The van der Waals surface area contributed by atoms with Crippen LogP contribution in [0.1, 0.15) is 55.2 Å². The Morgan fingerprint density at radius 1 is 1.40 bits per heavy atom. The highest BCUT2D eigenvalue weighted by Gasteiger charge is 2.30. The first kappa shape index (κ1) is 10.5. The van der Waals surface area contributed by atoms with E-state index >= 15 is 0 Å². The van der Waals surface area contributed by atoms with Crippen molar-refractivity contribution < 1.29 is 4.39 Å². The van der Waals surface area contributed by atoms with Gasteiger partial charge >= 0.3 is 0 Å². The van der Waals surface area contributed by atoms with Gasteiger partial charge in [-0.3, -0.25) is 0 Å². The fraction of sp³-hybridized carbons (Fsp3) is 0.538. The normalized spacial score (nSPS) is 16.1. The second-order valence-corrected chi connectivity index (χ2v) is 4.85. The van der Waals surface area contributed by atoms with Gasteiger partial charge in [0.25, 0.3) is 0 Å². The average Bonchev–Trinajstić information content (AvgIpc) is 2.93. The van der Waals surface area contributed by atoms with Gasteiger partial charge in [-0.25, -0.2) is 4.39 Å². The fourth-order valence-electron chi connectivity index (χ4n) is 2.34. The molecule has 0 radical (unpaired) electrons. The van der Waals surface area contributed by atoms with Gasteiger partial charge in [-0.15, -0.1) is 0 Å². The maximum absolute atomic E-state index is 14.0.